The number of benzene rings is 1. The lowest BCUT2D eigenvalue weighted by molar-refractivity contribution is -0.137. The first-order chi connectivity index (χ1) is 11.9. The van der Waals surface area contributed by atoms with Crippen LogP contribution in [0, 0.1) is 0 Å². The second-order valence-electron chi connectivity index (χ2n) is 5.30. The maximum atomic E-state index is 13.4. The summed E-state index contributed by atoms with van der Waals surface area (Å²) >= 11 is 7.35. The SMILES string of the molecule is FC(F)(F)c1ccccc1-c1[nH]nc2nccc(-c3ccc(Cl)s3)c12. The molecule has 4 aromatic rings. The number of nitrogens with zero attached hydrogens (tertiary/aromatic N) is 2. The second kappa shape index (κ2) is 5.86. The van der Waals surface area contributed by atoms with Gasteiger partial charge in [0, 0.05) is 22.2 Å². The monoisotopic (exact) mass is 379 g/mol. The van der Waals surface area contributed by atoms with Gasteiger partial charge in [-0.15, -0.1) is 11.3 Å². The van der Waals surface area contributed by atoms with Crippen LogP contribution in [0.1, 0.15) is 5.56 Å². The van der Waals surface area contributed by atoms with Gasteiger partial charge in [0.2, 0.25) is 0 Å². The van der Waals surface area contributed by atoms with Crippen LogP contribution in [0.15, 0.2) is 48.7 Å². The molecule has 0 aliphatic carbocycles. The van der Waals surface area contributed by atoms with Gasteiger partial charge in [-0.3, -0.25) is 5.10 Å². The standard InChI is InChI=1S/C17H9ClF3N3S/c18-13-6-5-12(25-13)10-7-8-22-16-14(10)15(23-24-16)9-3-1-2-4-11(9)17(19,20)21/h1-8H,(H,22,23,24). The van der Waals surface area contributed by atoms with Crippen LogP contribution >= 0.6 is 22.9 Å². The van der Waals surface area contributed by atoms with Crippen LogP contribution in [-0.4, -0.2) is 15.2 Å². The van der Waals surface area contributed by atoms with E-state index in [4.69, 9.17) is 11.6 Å². The summed E-state index contributed by atoms with van der Waals surface area (Å²) in [6.07, 6.45) is -2.89. The molecule has 3 nitrogen and oxygen atoms in total. The van der Waals surface area contributed by atoms with Crippen LogP contribution in [0.5, 0.6) is 0 Å². The molecule has 0 atom stereocenters. The van der Waals surface area contributed by atoms with Crippen LogP contribution in [0.4, 0.5) is 13.2 Å². The summed E-state index contributed by atoms with van der Waals surface area (Å²) in [6.45, 7) is 0. The first-order valence-corrected chi connectivity index (χ1v) is 8.40. The molecule has 0 amide bonds. The maximum absolute atomic E-state index is 13.4. The van der Waals surface area contributed by atoms with Crippen LogP contribution in [0.25, 0.3) is 32.7 Å². The molecule has 3 heterocycles. The van der Waals surface area contributed by atoms with Crippen molar-refractivity contribution in [3.8, 4) is 21.7 Å². The predicted molar refractivity (Wildman–Crippen MR) is 92.6 cm³/mol. The van der Waals surface area contributed by atoms with E-state index in [-0.39, 0.29) is 11.3 Å². The average Bonchev–Trinajstić information content (AvgIpc) is 3.20. The van der Waals surface area contributed by atoms with Gasteiger partial charge in [-0.1, -0.05) is 29.8 Å². The topological polar surface area (TPSA) is 41.6 Å². The molecule has 0 bridgehead atoms. The van der Waals surface area contributed by atoms with E-state index in [0.29, 0.717) is 15.4 Å². The number of rotatable bonds is 2. The van der Waals surface area contributed by atoms with Crippen molar-refractivity contribution in [1.29, 1.82) is 0 Å². The van der Waals surface area contributed by atoms with Gasteiger partial charge in [0.15, 0.2) is 5.65 Å². The third-order valence-corrected chi connectivity index (χ3v) is 5.06. The van der Waals surface area contributed by atoms with E-state index in [0.717, 1.165) is 16.5 Å². The van der Waals surface area contributed by atoms with Gasteiger partial charge in [0.05, 0.1) is 21.0 Å². The van der Waals surface area contributed by atoms with Gasteiger partial charge >= 0.3 is 6.18 Å². The van der Waals surface area contributed by atoms with E-state index >= 15 is 0 Å². The number of halogens is 4. The predicted octanol–water partition coefficient (Wildman–Crippen LogP) is 6.03. The molecule has 0 fully saturated rings. The Labute approximate surface area is 149 Å². The molecular formula is C17H9ClF3N3S. The lowest BCUT2D eigenvalue weighted by Crippen LogP contribution is -2.07. The van der Waals surface area contributed by atoms with Gasteiger partial charge in [0.25, 0.3) is 0 Å². The second-order valence-corrected chi connectivity index (χ2v) is 7.02. The molecule has 1 N–H and O–H groups in total. The number of thiophene rings is 1. The zero-order valence-corrected chi connectivity index (χ0v) is 14.0. The summed E-state index contributed by atoms with van der Waals surface area (Å²) in [4.78, 5) is 5.00. The number of H-pyrrole nitrogens is 1. The van der Waals surface area contributed by atoms with Gasteiger partial charge in [0.1, 0.15) is 0 Å². The molecule has 0 saturated heterocycles. The highest BCUT2D eigenvalue weighted by atomic mass is 35.5. The summed E-state index contributed by atoms with van der Waals surface area (Å²) in [7, 11) is 0. The van der Waals surface area contributed by atoms with E-state index < -0.39 is 11.7 Å². The van der Waals surface area contributed by atoms with Gasteiger partial charge in [-0.05, 0) is 24.3 Å². The number of aromatic nitrogens is 3. The van der Waals surface area contributed by atoms with Crippen molar-refractivity contribution in [3.63, 3.8) is 0 Å². The maximum Gasteiger partial charge on any atom is 0.417 e. The van der Waals surface area contributed by atoms with Crippen molar-refractivity contribution in [2.45, 2.75) is 6.18 Å². The molecule has 0 unspecified atom stereocenters. The van der Waals surface area contributed by atoms with Crippen molar-refractivity contribution in [3.05, 3.63) is 58.6 Å². The molecular weight excluding hydrogens is 371 g/mol. The number of fused-ring (bicyclic) bond motifs is 1. The molecule has 0 aliphatic heterocycles. The van der Waals surface area contributed by atoms with E-state index in [9.17, 15) is 13.2 Å². The molecule has 4 rings (SSSR count). The van der Waals surface area contributed by atoms with E-state index in [2.05, 4.69) is 15.2 Å². The highest BCUT2D eigenvalue weighted by molar-refractivity contribution is 7.19. The van der Waals surface area contributed by atoms with E-state index in [1.807, 2.05) is 6.07 Å². The Balaban J connectivity index is 2.02. The lowest BCUT2D eigenvalue weighted by Gasteiger charge is -2.12. The zero-order valence-electron chi connectivity index (χ0n) is 12.4. The number of nitrogens with one attached hydrogen (secondary N) is 1. The van der Waals surface area contributed by atoms with Crippen molar-refractivity contribution in [2.75, 3.05) is 0 Å². The Morgan fingerprint density at radius 2 is 1.80 bits per heavy atom. The number of pyridine rings is 1. The molecule has 3 aromatic heterocycles. The fraction of sp³-hybridized carbons (Fsp3) is 0.0588. The lowest BCUT2D eigenvalue weighted by atomic mass is 9.99. The Morgan fingerprint density at radius 1 is 1.00 bits per heavy atom. The van der Waals surface area contributed by atoms with E-state index in [1.165, 1.54) is 23.5 Å². The fourth-order valence-electron chi connectivity index (χ4n) is 2.75. The summed E-state index contributed by atoms with van der Waals surface area (Å²) in [5.41, 5.74) is 0.696. The number of aromatic amines is 1. The zero-order chi connectivity index (χ0) is 17.6. The molecule has 25 heavy (non-hydrogen) atoms. The fourth-order valence-corrected chi connectivity index (χ4v) is 3.83. The molecule has 1 aromatic carbocycles. The van der Waals surface area contributed by atoms with Crippen molar-refractivity contribution >= 4 is 34.0 Å². The van der Waals surface area contributed by atoms with Crippen LogP contribution in [0.2, 0.25) is 4.34 Å². The first kappa shape index (κ1) is 16.1. The van der Waals surface area contributed by atoms with Crippen molar-refractivity contribution in [2.24, 2.45) is 0 Å². The van der Waals surface area contributed by atoms with Gasteiger partial charge < -0.3 is 0 Å². The van der Waals surface area contributed by atoms with Crippen LogP contribution in [-0.2, 0) is 6.18 Å². The molecule has 8 heteroatoms. The third-order valence-electron chi connectivity index (χ3n) is 3.80. The molecule has 0 saturated carbocycles. The van der Waals surface area contributed by atoms with Crippen molar-refractivity contribution < 1.29 is 13.2 Å². The molecule has 0 aliphatic rings. The first-order valence-electron chi connectivity index (χ1n) is 7.20. The minimum Gasteiger partial charge on any atom is -0.275 e. The Hall–Kier alpha value is -2.38. The van der Waals surface area contributed by atoms with E-state index in [1.54, 1.807) is 24.4 Å². The Kier molecular flexibility index (Phi) is 3.77. The summed E-state index contributed by atoms with van der Waals surface area (Å²) in [5.74, 6) is 0. The number of alkyl halides is 3. The molecule has 0 radical (unpaired) electrons. The average molecular weight is 380 g/mol. The highest BCUT2D eigenvalue weighted by Crippen LogP contribution is 2.42. The third kappa shape index (κ3) is 2.79. The quantitative estimate of drug-likeness (QED) is 0.462. The molecule has 126 valence electrons. The summed E-state index contributed by atoms with van der Waals surface area (Å²) in [5, 5.41) is 7.34. The molecule has 0 spiro atoms. The highest BCUT2D eigenvalue weighted by Gasteiger charge is 2.34. The summed E-state index contributed by atoms with van der Waals surface area (Å²) < 4.78 is 40.8. The number of hydrogen-bond acceptors (Lipinski definition) is 3. The van der Waals surface area contributed by atoms with Crippen LogP contribution in [0.3, 0.4) is 0 Å². The largest absolute Gasteiger partial charge is 0.417 e. The smallest absolute Gasteiger partial charge is 0.275 e. The number of hydrogen-bond donors (Lipinski definition) is 1. The normalized spacial score (nSPS) is 12.0. The Bertz CT molecular complexity index is 1070. The minimum absolute atomic E-state index is 0.0365. The van der Waals surface area contributed by atoms with Crippen molar-refractivity contribution in [1.82, 2.24) is 15.2 Å². The van der Waals surface area contributed by atoms with Gasteiger partial charge in [-0.25, -0.2) is 4.98 Å². The summed E-state index contributed by atoms with van der Waals surface area (Å²) in [6, 6.07) is 10.7. The van der Waals surface area contributed by atoms with Crippen LogP contribution < -0.4 is 0 Å². The minimum atomic E-state index is -4.47. The Morgan fingerprint density at radius 3 is 2.52 bits per heavy atom. The van der Waals surface area contributed by atoms with Gasteiger partial charge in [-0.2, -0.15) is 18.3 Å².